The van der Waals surface area contributed by atoms with Crippen LogP contribution in [0.15, 0.2) is 19.2 Å². The number of aromatic nitrogens is 2. The molecule has 1 aromatic rings. The van der Waals surface area contributed by atoms with Crippen LogP contribution in [-0.2, 0) is 4.74 Å². The van der Waals surface area contributed by atoms with Gasteiger partial charge in [0, 0.05) is 20.3 Å². The van der Waals surface area contributed by atoms with Gasteiger partial charge in [-0.2, -0.15) is 0 Å². The molecule has 2 N–H and O–H groups in total. The molecular formula is C20H37N3O2. The minimum Gasteiger partial charge on any atom is -0.396 e. The van der Waals surface area contributed by atoms with Crippen molar-refractivity contribution in [1.82, 2.24) is 9.97 Å². The van der Waals surface area contributed by atoms with Gasteiger partial charge in [-0.3, -0.25) is 0 Å². The highest BCUT2D eigenvalue weighted by Crippen LogP contribution is 2.10. The smallest absolute Gasteiger partial charge is 0.223 e. The summed E-state index contributed by atoms with van der Waals surface area (Å²) >= 11 is 0. The van der Waals surface area contributed by atoms with Crippen molar-refractivity contribution >= 4 is 18.1 Å². The van der Waals surface area contributed by atoms with Gasteiger partial charge in [0.15, 0.2) is 0 Å². The molecule has 0 atom stereocenters. The maximum atomic E-state index is 8.45. The van der Waals surface area contributed by atoms with Gasteiger partial charge in [0.05, 0.1) is 17.0 Å². The first-order valence-electron chi connectivity index (χ1n) is 8.96. The molecule has 0 bridgehead atoms. The average Bonchev–Trinajstić information content (AvgIpc) is 2.63. The highest BCUT2D eigenvalue weighted by Gasteiger charge is 2.13. The SMILES string of the molecule is C=Cc1cc(C=C)nc(NCCCC)n1.CC.COC(C)(C)CCO. The second-order valence-electron chi connectivity index (χ2n) is 5.67. The molecule has 144 valence electrons. The van der Waals surface area contributed by atoms with Gasteiger partial charge in [0.25, 0.3) is 0 Å². The third-order valence-electron chi connectivity index (χ3n) is 3.26. The van der Waals surface area contributed by atoms with Crippen LogP contribution in [-0.4, -0.2) is 40.9 Å². The molecule has 0 aliphatic heterocycles. The molecule has 0 saturated carbocycles. The molecule has 0 radical (unpaired) electrons. The standard InChI is InChI=1S/C12H17N3.C6H14O2.C2H6/c1-4-7-8-13-12-14-10(5-2)9-11(6-3)15-12;1-6(2,8-3)4-5-7;1-2/h5-6,9H,2-4,7-8H2,1H3,(H,13,14,15);7H,4-5H2,1-3H3;1-2H3. The number of nitrogens with zero attached hydrogens (tertiary/aromatic N) is 2. The van der Waals surface area contributed by atoms with E-state index in [9.17, 15) is 0 Å². The maximum absolute atomic E-state index is 8.45. The van der Waals surface area contributed by atoms with Crippen molar-refractivity contribution < 1.29 is 9.84 Å². The fourth-order valence-corrected chi connectivity index (χ4v) is 1.52. The third-order valence-corrected chi connectivity index (χ3v) is 3.26. The summed E-state index contributed by atoms with van der Waals surface area (Å²) in [5, 5.41) is 11.6. The van der Waals surface area contributed by atoms with E-state index in [-0.39, 0.29) is 12.2 Å². The van der Waals surface area contributed by atoms with Crippen molar-refractivity contribution in [2.24, 2.45) is 0 Å². The van der Waals surface area contributed by atoms with Gasteiger partial charge in [0.1, 0.15) is 0 Å². The van der Waals surface area contributed by atoms with E-state index in [0.29, 0.717) is 12.4 Å². The second-order valence-corrected chi connectivity index (χ2v) is 5.67. The Morgan fingerprint density at radius 2 is 1.72 bits per heavy atom. The van der Waals surface area contributed by atoms with E-state index in [2.05, 4.69) is 35.4 Å². The predicted molar refractivity (Wildman–Crippen MR) is 110 cm³/mol. The van der Waals surface area contributed by atoms with E-state index < -0.39 is 0 Å². The molecule has 5 heteroatoms. The molecular weight excluding hydrogens is 314 g/mol. The number of hydrogen-bond donors (Lipinski definition) is 2. The Kier molecular flexibility index (Phi) is 16.1. The first-order valence-corrected chi connectivity index (χ1v) is 8.96. The Hall–Kier alpha value is -1.72. The number of unbranched alkanes of at least 4 members (excludes halogenated alkanes) is 1. The molecule has 5 nitrogen and oxygen atoms in total. The van der Waals surface area contributed by atoms with Crippen LogP contribution >= 0.6 is 0 Å². The number of ether oxygens (including phenoxy) is 1. The van der Waals surface area contributed by atoms with E-state index >= 15 is 0 Å². The van der Waals surface area contributed by atoms with Crippen LogP contribution < -0.4 is 5.32 Å². The predicted octanol–water partition coefficient (Wildman–Crippen LogP) is 4.79. The van der Waals surface area contributed by atoms with Crippen molar-refractivity contribution in [3.63, 3.8) is 0 Å². The van der Waals surface area contributed by atoms with E-state index in [1.54, 1.807) is 19.3 Å². The van der Waals surface area contributed by atoms with Crippen molar-refractivity contribution in [3.8, 4) is 0 Å². The first-order chi connectivity index (χ1) is 11.9. The molecule has 0 amide bonds. The number of aliphatic hydroxyl groups is 1. The number of methoxy groups -OCH3 is 1. The zero-order chi connectivity index (χ0) is 19.7. The summed E-state index contributed by atoms with van der Waals surface area (Å²) in [6.07, 6.45) is 6.39. The van der Waals surface area contributed by atoms with E-state index in [1.165, 1.54) is 0 Å². The van der Waals surface area contributed by atoms with Crippen LogP contribution in [0.5, 0.6) is 0 Å². The minimum atomic E-state index is -0.158. The van der Waals surface area contributed by atoms with E-state index in [4.69, 9.17) is 9.84 Å². The normalized spacial score (nSPS) is 9.88. The summed E-state index contributed by atoms with van der Waals surface area (Å²) in [6.45, 7) is 18.5. The van der Waals surface area contributed by atoms with Crippen molar-refractivity contribution in [2.75, 3.05) is 25.6 Å². The summed E-state index contributed by atoms with van der Waals surface area (Å²) in [5.74, 6) is 0.649. The lowest BCUT2D eigenvalue weighted by atomic mass is 10.1. The van der Waals surface area contributed by atoms with Gasteiger partial charge in [-0.05, 0) is 44.9 Å². The molecule has 25 heavy (non-hydrogen) atoms. The molecule has 0 aromatic carbocycles. The topological polar surface area (TPSA) is 67.3 Å². The van der Waals surface area contributed by atoms with Crippen LogP contribution in [0.1, 0.15) is 65.3 Å². The number of anilines is 1. The second kappa shape index (κ2) is 15.8. The maximum Gasteiger partial charge on any atom is 0.223 e. The molecule has 1 rings (SSSR count). The van der Waals surface area contributed by atoms with Crippen LogP contribution in [0, 0.1) is 0 Å². The van der Waals surface area contributed by atoms with Gasteiger partial charge < -0.3 is 15.2 Å². The Morgan fingerprint density at radius 1 is 1.20 bits per heavy atom. The molecule has 0 unspecified atom stereocenters. The van der Waals surface area contributed by atoms with Crippen LogP contribution in [0.4, 0.5) is 5.95 Å². The van der Waals surface area contributed by atoms with Gasteiger partial charge in [0.2, 0.25) is 5.95 Å². The van der Waals surface area contributed by atoms with Gasteiger partial charge in [-0.15, -0.1) is 0 Å². The zero-order valence-electron chi connectivity index (χ0n) is 16.9. The zero-order valence-corrected chi connectivity index (χ0v) is 16.9. The van der Waals surface area contributed by atoms with Gasteiger partial charge in [-0.25, -0.2) is 9.97 Å². The van der Waals surface area contributed by atoms with Crippen molar-refractivity contribution in [3.05, 3.63) is 30.6 Å². The summed E-state index contributed by atoms with van der Waals surface area (Å²) < 4.78 is 5.02. The van der Waals surface area contributed by atoms with Crippen LogP contribution in [0.25, 0.3) is 12.2 Å². The fourth-order valence-electron chi connectivity index (χ4n) is 1.52. The average molecular weight is 352 g/mol. The lowest BCUT2D eigenvalue weighted by Crippen LogP contribution is -2.23. The van der Waals surface area contributed by atoms with E-state index in [0.717, 1.165) is 30.8 Å². The first kappa shape index (κ1) is 25.5. The summed E-state index contributed by atoms with van der Waals surface area (Å²) in [6, 6.07) is 1.85. The largest absolute Gasteiger partial charge is 0.396 e. The molecule has 0 spiro atoms. The van der Waals surface area contributed by atoms with E-state index in [1.807, 2.05) is 33.8 Å². The Bertz CT molecular complexity index is 448. The quantitative estimate of drug-likeness (QED) is 0.626. The molecule has 0 fully saturated rings. The van der Waals surface area contributed by atoms with Crippen LogP contribution in [0.3, 0.4) is 0 Å². The highest BCUT2D eigenvalue weighted by molar-refractivity contribution is 5.52. The van der Waals surface area contributed by atoms with Crippen LogP contribution in [0.2, 0.25) is 0 Å². The minimum absolute atomic E-state index is 0.158. The number of rotatable bonds is 9. The van der Waals surface area contributed by atoms with Gasteiger partial charge in [-0.1, -0.05) is 40.3 Å². The summed E-state index contributed by atoms with van der Waals surface area (Å²) in [7, 11) is 1.65. The summed E-state index contributed by atoms with van der Waals surface area (Å²) in [4.78, 5) is 8.57. The molecule has 0 saturated heterocycles. The monoisotopic (exact) mass is 351 g/mol. The summed E-state index contributed by atoms with van der Waals surface area (Å²) in [5.41, 5.74) is 1.48. The van der Waals surface area contributed by atoms with Gasteiger partial charge >= 0.3 is 0 Å². The molecule has 1 heterocycles. The Labute approximate surface area is 154 Å². The molecule has 0 aliphatic rings. The molecule has 1 aromatic heterocycles. The third kappa shape index (κ3) is 13.3. The lowest BCUT2D eigenvalue weighted by Gasteiger charge is -2.20. The fraction of sp³-hybridized carbons (Fsp3) is 0.600. The number of hydrogen-bond acceptors (Lipinski definition) is 5. The Balaban J connectivity index is 0. The number of aliphatic hydroxyl groups excluding tert-OH is 1. The Morgan fingerprint density at radius 3 is 2.04 bits per heavy atom. The highest BCUT2D eigenvalue weighted by atomic mass is 16.5. The van der Waals surface area contributed by atoms with Crippen molar-refractivity contribution in [2.45, 2.75) is 59.5 Å². The lowest BCUT2D eigenvalue weighted by molar-refractivity contribution is 0.00293. The number of nitrogens with one attached hydrogen (secondary N) is 1. The van der Waals surface area contributed by atoms with Crippen molar-refractivity contribution in [1.29, 1.82) is 0 Å². The molecule has 0 aliphatic carbocycles.